The van der Waals surface area contributed by atoms with Crippen LogP contribution in [0.2, 0.25) is 0 Å². The Morgan fingerprint density at radius 1 is 1.35 bits per heavy atom. The van der Waals surface area contributed by atoms with E-state index in [-0.39, 0.29) is 6.42 Å². The van der Waals surface area contributed by atoms with Crippen molar-refractivity contribution in [3.8, 4) is 5.75 Å². The Hall–Kier alpha value is -1.76. The summed E-state index contributed by atoms with van der Waals surface area (Å²) in [6, 6.07) is 5.18. The monoisotopic (exact) mass is 301 g/mol. The fraction of sp³-hybridized carbons (Fsp3) is 0.462. The Bertz CT molecular complexity index is 504. The predicted octanol–water partition coefficient (Wildman–Crippen LogP) is 1.67. The predicted molar refractivity (Wildman–Crippen MR) is 76.7 cm³/mol. The molecule has 0 saturated carbocycles. The number of thiol groups is 1. The summed E-state index contributed by atoms with van der Waals surface area (Å²) in [6.45, 7) is 1.92. The van der Waals surface area contributed by atoms with E-state index in [1.165, 1.54) is 19.2 Å². The maximum absolute atomic E-state index is 11.4. The quantitative estimate of drug-likeness (QED) is 0.714. The van der Waals surface area contributed by atoms with E-state index in [0.717, 1.165) is 10.7 Å². The third-order valence-corrected chi connectivity index (χ3v) is 3.79. The second kappa shape index (κ2) is 7.74. The highest BCUT2D eigenvalue weighted by Gasteiger charge is 2.27. The first-order valence-corrected chi connectivity index (χ1v) is 7.44. The molecule has 0 aliphatic heterocycles. The van der Waals surface area contributed by atoms with Crippen molar-refractivity contribution in [2.45, 2.75) is 32.2 Å². The van der Waals surface area contributed by atoms with E-state index in [9.17, 15) is 18.3 Å². The zero-order chi connectivity index (χ0) is 15.1. The summed E-state index contributed by atoms with van der Waals surface area (Å²) >= 11 is 0. The number of carboxylic acids is 1. The second-order valence-electron chi connectivity index (χ2n) is 4.28. The molecule has 1 N–H and O–H groups in total. The van der Waals surface area contributed by atoms with Gasteiger partial charge in [0.1, 0.15) is 11.8 Å². The lowest BCUT2D eigenvalue weighted by Gasteiger charge is -2.25. The van der Waals surface area contributed by atoms with Crippen molar-refractivity contribution in [3.05, 3.63) is 24.3 Å². The maximum atomic E-state index is 11.4. The van der Waals surface area contributed by atoms with Crippen molar-refractivity contribution in [1.82, 2.24) is 0 Å². The zero-order valence-electron chi connectivity index (χ0n) is 11.5. The molecule has 7 heteroatoms. The van der Waals surface area contributed by atoms with Crippen LogP contribution in [0.3, 0.4) is 0 Å². The Kier molecular flexibility index (Phi) is 6.30. The molecule has 0 bridgehead atoms. The first kappa shape index (κ1) is 16.3. The number of aliphatic carboxylic acids is 1. The van der Waals surface area contributed by atoms with Gasteiger partial charge in [-0.3, -0.25) is 4.31 Å². The van der Waals surface area contributed by atoms with Crippen molar-refractivity contribution in [1.29, 1.82) is 0 Å². The molecular formula is C13H19NO5S. The molecule has 112 valence electrons. The van der Waals surface area contributed by atoms with Crippen molar-refractivity contribution >= 4 is 22.5 Å². The minimum atomic E-state index is -3.03. The Morgan fingerprint density at radius 3 is 2.35 bits per heavy atom. The van der Waals surface area contributed by atoms with Crippen LogP contribution in [0.5, 0.6) is 5.75 Å². The average Bonchev–Trinajstić information content (AvgIpc) is 2.43. The summed E-state index contributed by atoms with van der Waals surface area (Å²) in [5, 5.41) is 9.25. The van der Waals surface area contributed by atoms with Crippen LogP contribution >= 0.6 is 0 Å². The van der Waals surface area contributed by atoms with Gasteiger partial charge >= 0.3 is 5.97 Å². The number of carbonyl (C=O) groups is 1. The Labute approximate surface area is 120 Å². The van der Waals surface area contributed by atoms with E-state index < -0.39 is 22.9 Å². The molecule has 0 fully saturated rings. The van der Waals surface area contributed by atoms with Gasteiger partial charge in [0.15, 0.2) is 0 Å². The number of nitrogens with zero attached hydrogens (tertiary/aromatic N) is 1. The Balaban J connectivity index is 3.09. The number of ether oxygens (including phenoxy) is 1. The van der Waals surface area contributed by atoms with Crippen molar-refractivity contribution in [3.63, 3.8) is 0 Å². The number of methoxy groups -OCH3 is 1. The summed E-state index contributed by atoms with van der Waals surface area (Å²) in [5.74, 6) is -0.566. The fourth-order valence-corrected chi connectivity index (χ4v) is 2.63. The lowest BCUT2D eigenvalue weighted by molar-refractivity contribution is -0.138. The fourth-order valence-electron chi connectivity index (χ4n) is 1.87. The van der Waals surface area contributed by atoms with Gasteiger partial charge in [0.2, 0.25) is 10.9 Å². The molecular weight excluding hydrogens is 282 g/mol. The first-order chi connectivity index (χ1) is 9.51. The minimum Gasteiger partial charge on any atom is -0.497 e. The van der Waals surface area contributed by atoms with Crippen LogP contribution in [0.1, 0.15) is 26.2 Å². The maximum Gasteiger partial charge on any atom is 0.327 e. The number of carboxylic acid groups (broad SMARTS) is 1. The second-order valence-corrected chi connectivity index (χ2v) is 5.18. The molecule has 1 aromatic rings. The molecule has 1 aromatic carbocycles. The number of hydrogen-bond donors (Lipinski definition) is 2. The molecule has 0 radical (unpaired) electrons. The van der Waals surface area contributed by atoms with Crippen LogP contribution in [0.15, 0.2) is 24.3 Å². The van der Waals surface area contributed by atoms with Crippen LogP contribution in [0, 0.1) is 0 Å². The smallest absolute Gasteiger partial charge is 0.327 e. The summed E-state index contributed by atoms with van der Waals surface area (Å²) in [6.07, 6.45) is 1.73. The number of rotatable bonds is 8. The lowest BCUT2D eigenvalue weighted by Crippen LogP contribution is -2.40. The molecule has 1 atom stereocenters. The van der Waals surface area contributed by atoms with E-state index in [0.29, 0.717) is 17.9 Å². The summed E-state index contributed by atoms with van der Waals surface area (Å²) in [7, 11) is -1.53. The van der Waals surface area contributed by atoms with Gasteiger partial charge in [-0.05, 0) is 30.7 Å². The first-order valence-electron chi connectivity index (χ1n) is 6.31. The molecule has 0 unspecified atom stereocenters. The minimum absolute atomic E-state index is 0.279. The van der Waals surface area contributed by atoms with E-state index in [2.05, 4.69) is 0 Å². The standard InChI is InChI=1S/C13H19NO5S/c1-3-4-5-12(13(15)16)14(20(17)18)10-6-8-11(19-2)9-7-10/h6-9,12,20H,3-5H2,1-2H3,(H,15,16)/t12-/m0/s1. The molecule has 0 aliphatic rings. The average molecular weight is 301 g/mol. The number of unbranched alkanes of at least 4 members (excludes halogenated alkanes) is 1. The summed E-state index contributed by atoms with van der Waals surface area (Å²) in [5.41, 5.74) is 0.324. The van der Waals surface area contributed by atoms with Gasteiger partial charge in [0.05, 0.1) is 12.8 Å². The van der Waals surface area contributed by atoms with Gasteiger partial charge in [0, 0.05) is 0 Å². The molecule has 20 heavy (non-hydrogen) atoms. The third-order valence-electron chi connectivity index (χ3n) is 2.92. The van der Waals surface area contributed by atoms with Crippen molar-refractivity contribution in [2.75, 3.05) is 11.4 Å². The topological polar surface area (TPSA) is 83.9 Å². The summed E-state index contributed by atoms with van der Waals surface area (Å²) in [4.78, 5) is 11.3. The van der Waals surface area contributed by atoms with Gasteiger partial charge in [-0.15, -0.1) is 0 Å². The van der Waals surface area contributed by atoms with Gasteiger partial charge in [-0.2, -0.15) is 0 Å². The normalized spacial score (nSPS) is 12.2. The molecule has 1 rings (SSSR count). The van der Waals surface area contributed by atoms with Crippen LogP contribution in [0.25, 0.3) is 0 Å². The number of anilines is 1. The highest BCUT2D eigenvalue weighted by atomic mass is 32.2. The SMILES string of the molecule is CCCC[C@@H](C(=O)O)N(c1ccc(OC)cc1)[SH](=O)=O. The highest BCUT2D eigenvalue weighted by molar-refractivity contribution is 7.74. The van der Waals surface area contributed by atoms with Gasteiger partial charge in [-0.25, -0.2) is 13.2 Å². The third kappa shape index (κ3) is 4.12. The Morgan fingerprint density at radius 2 is 1.95 bits per heavy atom. The van der Waals surface area contributed by atoms with Gasteiger partial charge in [-0.1, -0.05) is 19.8 Å². The molecule has 0 heterocycles. The molecule has 6 nitrogen and oxygen atoms in total. The van der Waals surface area contributed by atoms with E-state index in [4.69, 9.17) is 4.74 Å². The molecule has 0 aliphatic carbocycles. The van der Waals surface area contributed by atoms with Gasteiger partial charge in [0.25, 0.3) is 0 Å². The van der Waals surface area contributed by atoms with Crippen LogP contribution in [0.4, 0.5) is 5.69 Å². The lowest BCUT2D eigenvalue weighted by atomic mass is 10.1. The van der Waals surface area contributed by atoms with Crippen LogP contribution < -0.4 is 9.04 Å². The highest BCUT2D eigenvalue weighted by Crippen LogP contribution is 2.23. The molecule has 0 spiro atoms. The molecule has 0 aromatic heterocycles. The van der Waals surface area contributed by atoms with E-state index in [1.54, 1.807) is 12.1 Å². The van der Waals surface area contributed by atoms with E-state index >= 15 is 0 Å². The van der Waals surface area contributed by atoms with E-state index in [1.807, 2.05) is 6.92 Å². The number of benzene rings is 1. The zero-order valence-corrected chi connectivity index (χ0v) is 12.4. The van der Waals surface area contributed by atoms with Crippen LogP contribution in [-0.4, -0.2) is 32.6 Å². The summed E-state index contributed by atoms with van der Waals surface area (Å²) < 4.78 is 28.8. The molecule has 0 saturated heterocycles. The molecule has 0 amide bonds. The van der Waals surface area contributed by atoms with Crippen molar-refractivity contribution < 1.29 is 23.1 Å². The number of hydrogen-bond acceptors (Lipinski definition) is 4. The van der Waals surface area contributed by atoms with Gasteiger partial charge < -0.3 is 9.84 Å². The largest absolute Gasteiger partial charge is 0.497 e. The van der Waals surface area contributed by atoms with Crippen LogP contribution in [-0.2, 0) is 15.7 Å². The van der Waals surface area contributed by atoms with Crippen molar-refractivity contribution in [2.24, 2.45) is 0 Å².